The Labute approximate surface area is 189 Å². The molecule has 1 aromatic heterocycles. The second kappa shape index (κ2) is 9.43. The minimum atomic E-state index is -3.77. The number of hydrogen-bond acceptors (Lipinski definition) is 7. The fourth-order valence-electron chi connectivity index (χ4n) is 3.03. The molecule has 0 aliphatic rings. The molecule has 0 bridgehead atoms. The van der Waals surface area contributed by atoms with Crippen LogP contribution in [-0.2, 0) is 16.6 Å². The average Bonchev–Trinajstić information content (AvgIpc) is 3.28. The maximum absolute atomic E-state index is 12.7. The number of sulfonamides is 1. The van der Waals surface area contributed by atoms with Gasteiger partial charge in [0.15, 0.2) is 0 Å². The van der Waals surface area contributed by atoms with Crippen LogP contribution in [0.1, 0.15) is 22.8 Å². The fraction of sp³-hybridized carbons (Fsp3) is 0.136. The lowest BCUT2D eigenvalue weighted by Gasteiger charge is -2.09. The van der Waals surface area contributed by atoms with Crippen molar-refractivity contribution in [2.45, 2.75) is 18.4 Å². The maximum atomic E-state index is 12.7. The molecule has 3 aromatic carbocycles. The van der Waals surface area contributed by atoms with Gasteiger partial charge in [0.2, 0.25) is 10.0 Å². The van der Waals surface area contributed by atoms with E-state index in [2.05, 4.69) is 18.8 Å². The summed E-state index contributed by atoms with van der Waals surface area (Å²) in [6.45, 7) is 2.56. The summed E-state index contributed by atoms with van der Waals surface area (Å²) in [6.07, 6.45) is 0. The summed E-state index contributed by atoms with van der Waals surface area (Å²) in [6, 6.07) is 18.7. The van der Waals surface area contributed by atoms with Crippen LogP contribution in [-0.4, -0.2) is 29.7 Å². The van der Waals surface area contributed by atoms with Crippen molar-refractivity contribution in [2.24, 2.45) is 0 Å². The third kappa shape index (κ3) is 4.93. The summed E-state index contributed by atoms with van der Waals surface area (Å²) in [5.41, 5.74) is 2.73. The Morgan fingerprint density at radius 1 is 1.00 bits per heavy atom. The van der Waals surface area contributed by atoms with Crippen LogP contribution in [0.2, 0.25) is 0 Å². The SMILES string of the molecule is CCOc1ccc(NC(=O)c2ccc(CNS(=O)(=O)c3cccc4nsnc34)cc2)cc1. The average molecular weight is 469 g/mol. The summed E-state index contributed by atoms with van der Waals surface area (Å²) < 4.78 is 41.5. The number of fused-ring (bicyclic) bond motifs is 1. The number of aromatic nitrogens is 2. The van der Waals surface area contributed by atoms with Crippen LogP contribution in [0.15, 0.2) is 71.6 Å². The molecule has 0 saturated carbocycles. The minimum absolute atomic E-state index is 0.0804. The van der Waals surface area contributed by atoms with Crippen molar-refractivity contribution in [3.63, 3.8) is 0 Å². The van der Waals surface area contributed by atoms with E-state index >= 15 is 0 Å². The van der Waals surface area contributed by atoms with E-state index in [1.807, 2.05) is 6.92 Å². The number of carbonyl (C=O) groups excluding carboxylic acids is 1. The van der Waals surface area contributed by atoms with Crippen molar-refractivity contribution in [1.82, 2.24) is 13.5 Å². The Bertz CT molecular complexity index is 1330. The van der Waals surface area contributed by atoms with Crippen LogP contribution >= 0.6 is 11.7 Å². The summed E-state index contributed by atoms with van der Waals surface area (Å²) in [5, 5.41) is 2.82. The second-order valence-corrected chi connectivity index (χ2v) is 9.08. The molecule has 4 rings (SSSR count). The number of nitrogens with zero attached hydrogens (tertiary/aromatic N) is 2. The molecule has 164 valence electrons. The van der Waals surface area contributed by atoms with Crippen molar-refractivity contribution in [2.75, 3.05) is 11.9 Å². The topological polar surface area (TPSA) is 110 Å². The molecule has 0 spiro atoms. The number of hydrogen-bond donors (Lipinski definition) is 2. The molecule has 1 heterocycles. The zero-order valence-corrected chi connectivity index (χ0v) is 18.7. The molecule has 10 heteroatoms. The zero-order valence-electron chi connectivity index (χ0n) is 17.1. The van der Waals surface area contributed by atoms with E-state index in [4.69, 9.17) is 4.74 Å². The standard InChI is InChI=1S/C22H20N4O4S2/c1-2-30-18-12-10-17(11-13-18)24-22(27)16-8-6-15(7-9-16)14-23-32(28,29)20-5-3-4-19-21(20)26-31-25-19/h3-13,23H,2,14H2,1H3,(H,24,27). The quantitative estimate of drug-likeness (QED) is 0.407. The monoisotopic (exact) mass is 468 g/mol. The molecule has 0 radical (unpaired) electrons. The third-order valence-electron chi connectivity index (χ3n) is 4.64. The van der Waals surface area contributed by atoms with Gasteiger partial charge >= 0.3 is 0 Å². The van der Waals surface area contributed by atoms with E-state index in [0.29, 0.717) is 28.9 Å². The smallest absolute Gasteiger partial charge is 0.255 e. The first kappa shape index (κ1) is 21.9. The molecule has 0 saturated heterocycles. The molecule has 1 amide bonds. The molecule has 0 atom stereocenters. The molecule has 32 heavy (non-hydrogen) atoms. The van der Waals surface area contributed by atoms with Gasteiger partial charge in [-0.2, -0.15) is 8.75 Å². The molecule has 0 aliphatic heterocycles. The van der Waals surface area contributed by atoms with Crippen molar-refractivity contribution in [1.29, 1.82) is 0 Å². The maximum Gasteiger partial charge on any atom is 0.255 e. The van der Waals surface area contributed by atoms with Gasteiger partial charge in [0.05, 0.1) is 18.3 Å². The number of ether oxygens (including phenoxy) is 1. The Kier molecular flexibility index (Phi) is 6.45. The Morgan fingerprint density at radius 3 is 2.47 bits per heavy atom. The summed E-state index contributed by atoms with van der Waals surface area (Å²) in [7, 11) is -3.77. The van der Waals surface area contributed by atoms with Crippen LogP contribution in [0.3, 0.4) is 0 Å². The van der Waals surface area contributed by atoms with E-state index in [1.54, 1.807) is 60.7 Å². The Morgan fingerprint density at radius 2 is 1.75 bits per heavy atom. The predicted octanol–water partition coefficient (Wildman–Crippen LogP) is 3.82. The molecular weight excluding hydrogens is 448 g/mol. The largest absolute Gasteiger partial charge is 0.494 e. The predicted molar refractivity (Wildman–Crippen MR) is 123 cm³/mol. The van der Waals surface area contributed by atoms with Gasteiger partial charge in [0, 0.05) is 17.8 Å². The van der Waals surface area contributed by atoms with Gasteiger partial charge in [-0.3, -0.25) is 4.79 Å². The highest BCUT2D eigenvalue weighted by Gasteiger charge is 2.19. The van der Waals surface area contributed by atoms with Gasteiger partial charge in [0.25, 0.3) is 5.91 Å². The lowest BCUT2D eigenvalue weighted by Crippen LogP contribution is -2.23. The highest BCUT2D eigenvalue weighted by molar-refractivity contribution is 7.89. The number of benzene rings is 3. The molecular formula is C22H20N4O4S2. The van der Waals surface area contributed by atoms with Gasteiger partial charge in [-0.1, -0.05) is 18.2 Å². The van der Waals surface area contributed by atoms with Crippen LogP contribution in [0.25, 0.3) is 11.0 Å². The van der Waals surface area contributed by atoms with Gasteiger partial charge < -0.3 is 10.1 Å². The number of amides is 1. The zero-order chi connectivity index (χ0) is 22.6. The van der Waals surface area contributed by atoms with Crippen LogP contribution in [0.4, 0.5) is 5.69 Å². The van der Waals surface area contributed by atoms with Gasteiger partial charge in [-0.15, -0.1) is 0 Å². The number of nitrogens with one attached hydrogen (secondary N) is 2. The Hall–Kier alpha value is -3.34. The summed E-state index contributed by atoms with van der Waals surface area (Å²) >= 11 is 0.969. The van der Waals surface area contributed by atoms with Crippen molar-refractivity contribution in [3.8, 4) is 5.75 Å². The van der Waals surface area contributed by atoms with E-state index in [-0.39, 0.29) is 17.3 Å². The summed E-state index contributed by atoms with van der Waals surface area (Å²) in [4.78, 5) is 12.6. The second-order valence-electron chi connectivity index (χ2n) is 6.82. The Balaban J connectivity index is 1.39. The van der Waals surface area contributed by atoms with E-state index < -0.39 is 10.0 Å². The van der Waals surface area contributed by atoms with E-state index in [0.717, 1.165) is 23.0 Å². The first-order valence-electron chi connectivity index (χ1n) is 9.80. The number of rotatable bonds is 8. The number of anilines is 1. The number of carbonyl (C=O) groups is 1. The third-order valence-corrected chi connectivity index (χ3v) is 6.62. The lowest BCUT2D eigenvalue weighted by atomic mass is 10.1. The first-order chi connectivity index (χ1) is 15.5. The van der Waals surface area contributed by atoms with Crippen LogP contribution < -0.4 is 14.8 Å². The molecule has 8 nitrogen and oxygen atoms in total. The van der Waals surface area contributed by atoms with Crippen molar-refractivity contribution < 1.29 is 17.9 Å². The normalized spacial score (nSPS) is 11.4. The van der Waals surface area contributed by atoms with Crippen LogP contribution in [0, 0.1) is 0 Å². The van der Waals surface area contributed by atoms with E-state index in [9.17, 15) is 13.2 Å². The fourth-order valence-corrected chi connectivity index (χ4v) is 4.81. The van der Waals surface area contributed by atoms with Crippen LogP contribution in [0.5, 0.6) is 5.75 Å². The highest BCUT2D eigenvalue weighted by atomic mass is 32.2. The van der Waals surface area contributed by atoms with E-state index in [1.165, 1.54) is 6.07 Å². The molecule has 4 aromatic rings. The van der Waals surface area contributed by atoms with Gasteiger partial charge in [-0.25, -0.2) is 13.1 Å². The highest BCUT2D eigenvalue weighted by Crippen LogP contribution is 2.21. The minimum Gasteiger partial charge on any atom is -0.494 e. The molecule has 0 aliphatic carbocycles. The molecule has 0 unspecified atom stereocenters. The van der Waals surface area contributed by atoms with Crippen molar-refractivity contribution in [3.05, 3.63) is 77.9 Å². The van der Waals surface area contributed by atoms with Gasteiger partial charge in [-0.05, 0) is 61.0 Å². The van der Waals surface area contributed by atoms with Crippen molar-refractivity contribution >= 4 is 44.4 Å². The molecule has 0 fully saturated rings. The lowest BCUT2D eigenvalue weighted by molar-refractivity contribution is 0.102. The van der Waals surface area contributed by atoms with Gasteiger partial charge in [0.1, 0.15) is 21.7 Å². The summed E-state index contributed by atoms with van der Waals surface area (Å²) in [5.74, 6) is 0.476. The molecule has 2 N–H and O–H groups in total. The first-order valence-corrected chi connectivity index (χ1v) is 12.0.